The highest BCUT2D eigenvalue weighted by atomic mass is 32.1. The number of ether oxygens (including phenoxy) is 1. The highest BCUT2D eigenvalue weighted by Gasteiger charge is 2.47. The molecule has 1 aromatic carbocycles. The van der Waals surface area contributed by atoms with Crippen LogP contribution in [0.2, 0.25) is 0 Å². The number of amides is 3. The van der Waals surface area contributed by atoms with Crippen LogP contribution in [0.1, 0.15) is 35.1 Å². The molecule has 34 heavy (non-hydrogen) atoms. The second-order valence-electron chi connectivity index (χ2n) is 7.68. The maximum atomic E-state index is 12.5. The van der Waals surface area contributed by atoms with E-state index in [4.69, 9.17) is 16.9 Å². The lowest BCUT2D eigenvalue weighted by Crippen LogP contribution is -2.36. The van der Waals surface area contributed by atoms with Crippen LogP contribution < -0.4 is 16.4 Å². The number of hydrogen-bond acceptors (Lipinski definition) is 7. The first kappa shape index (κ1) is 22.8. The molecule has 1 saturated carbocycles. The molecule has 1 atom stereocenters. The van der Waals surface area contributed by atoms with E-state index in [9.17, 15) is 14.9 Å². The molecule has 2 aromatic heterocycles. The summed E-state index contributed by atoms with van der Waals surface area (Å²) in [6, 6.07) is 12.3. The third kappa shape index (κ3) is 4.98. The van der Waals surface area contributed by atoms with E-state index in [1.54, 1.807) is 11.6 Å². The molecule has 1 aliphatic rings. The van der Waals surface area contributed by atoms with Crippen LogP contribution in [0.5, 0.6) is 0 Å². The molecule has 0 aliphatic heterocycles. The third-order valence-corrected chi connectivity index (χ3v) is 6.19. The number of carbonyl (C=O) groups excluding carboxylic acids is 2. The van der Waals surface area contributed by atoms with Gasteiger partial charge >= 0.3 is 12.1 Å². The van der Waals surface area contributed by atoms with E-state index >= 15 is 0 Å². The Morgan fingerprint density at radius 2 is 2.06 bits per heavy atom. The third-order valence-electron chi connectivity index (χ3n) is 5.42. The summed E-state index contributed by atoms with van der Waals surface area (Å²) in [5.41, 5.74) is 7.82. The molecule has 4 N–H and O–H groups in total. The highest BCUT2D eigenvalue weighted by molar-refractivity contribution is 7.10. The first-order valence-corrected chi connectivity index (χ1v) is 11.2. The SMILES string of the molecule is C#Cc1nc(NC(=O)N[C@@H](COC(N)=O)c2ccc(-c3cccnc3C3(C#N)CC3)cc2)cs1. The number of nitrogens with one attached hydrogen (secondary N) is 2. The number of terminal acetylenes is 1. The predicted octanol–water partition coefficient (Wildman–Crippen LogP) is 3.70. The van der Waals surface area contributed by atoms with Crippen molar-refractivity contribution in [2.24, 2.45) is 5.73 Å². The summed E-state index contributed by atoms with van der Waals surface area (Å²) in [4.78, 5) is 32.2. The van der Waals surface area contributed by atoms with Crippen molar-refractivity contribution in [1.29, 1.82) is 5.26 Å². The topological polar surface area (TPSA) is 143 Å². The molecule has 4 rings (SSSR count). The van der Waals surface area contributed by atoms with Gasteiger partial charge in [0.25, 0.3) is 0 Å². The number of pyridine rings is 1. The number of nitriles is 1. The van der Waals surface area contributed by atoms with Crippen LogP contribution >= 0.6 is 11.3 Å². The summed E-state index contributed by atoms with van der Waals surface area (Å²) in [7, 11) is 0. The number of anilines is 1. The van der Waals surface area contributed by atoms with E-state index in [1.165, 1.54) is 11.3 Å². The fraction of sp³-hybridized carbons (Fsp3) is 0.208. The Hall–Kier alpha value is -4.41. The van der Waals surface area contributed by atoms with Crippen LogP contribution in [0.15, 0.2) is 48.0 Å². The van der Waals surface area contributed by atoms with Crippen LogP contribution in [0, 0.1) is 23.7 Å². The lowest BCUT2D eigenvalue weighted by molar-refractivity contribution is 0.144. The predicted molar refractivity (Wildman–Crippen MR) is 127 cm³/mol. The van der Waals surface area contributed by atoms with E-state index in [0.717, 1.165) is 29.7 Å². The van der Waals surface area contributed by atoms with Crippen LogP contribution in [-0.2, 0) is 10.2 Å². The molecular weight excluding hydrogens is 452 g/mol. The number of carbonyl (C=O) groups is 2. The summed E-state index contributed by atoms with van der Waals surface area (Å²) in [6.45, 7) is -0.162. The van der Waals surface area contributed by atoms with Crippen LogP contribution in [0.25, 0.3) is 11.1 Å². The largest absolute Gasteiger partial charge is 0.447 e. The van der Waals surface area contributed by atoms with Crippen molar-refractivity contribution >= 4 is 29.3 Å². The molecule has 170 valence electrons. The number of hydrogen-bond donors (Lipinski definition) is 3. The van der Waals surface area contributed by atoms with Crippen LogP contribution in [0.3, 0.4) is 0 Å². The number of aromatic nitrogens is 2. The number of nitrogens with zero attached hydrogens (tertiary/aromatic N) is 3. The molecule has 0 radical (unpaired) electrons. The first-order valence-electron chi connectivity index (χ1n) is 10.3. The summed E-state index contributed by atoms with van der Waals surface area (Å²) in [5.74, 6) is 2.72. The summed E-state index contributed by atoms with van der Waals surface area (Å²) in [5, 5.41) is 17.0. The van der Waals surface area contributed by atoms with Crippen molar-refractivity contribution in [3.8, 4) is 29.5 Å². The minimum atomic E-state index is -0.951. The van der Waals surface area contributed by atoms with Gasteiger partial charge in [-0.1, -0.05) is 30.3 Å². The molecule has 3 amide bonds. The monoisotopic (exact) mass is 472 g/mol. The van der Waals surface area contributed by atoms with Gasteiger partial charge in [-0.25, -0.2) is 14.6 Å². The molecule has 1 fully saturated rings. The average Bonchev–Trinajstić information content (AvgIpc) is 3.53. The van der Waals surface area contributed by atoms with Gasteiger partial charge in [0.15, 0.2) is 5.01 Å². The minimum Gasteiger partial charge on any atom is -0.447 e. The maximum absolute atomic E-state index is 12.5. The molecule has 0 unspecified atom stereocenters. The Bertz CT molecular complexity index is 1300. The molecule has 0 spiro atoms. The Morgan fingerprint density at radius 1 is 1.29 bits per heavy atom. The van der Waals surface area contributed by atoms with E-state index in [0.29, 0.717) is 16.4 Å². The van der Waals surface area contributed by atoms with Gasteiger partial charge in [-0.2, -0.15) is 5.26 Å². The number of urea groups is 1. The average molecular weight is 473 g/mol. The lowest BCUT2D eigenvalue weighted by atomic mass is 9.93. The van der Waals surface area contributed by atoms with E-state index in [2.05, 4.69) is 32.6 Å². The second-order valence-corrected chi connectivity index (χ2v) is 8.54. The molecule has 3 aromatic rings. The zero-order valence-electron chi connectivity index (χ0n) is 17.9. The summed E-state index contributed by atoms with van der Waals surface area (Å²) in [6.07, 6.45) is 7.63. The molecule has 0 saturated heterocycles. The molecule has 9 nitrogen and oxygen atoms in total. The van der Waals surface area contributed by atoms with E-state index in [-0.39, 0.29) is 6.61 Å². The van der Waals surface area contributed by atoms with Crippen molar-refractivity contribution in [2.45, 2.75) is 24.3 Å². The van der Waals surface area contributed by atoms with Gasteiger partial charge in [-0.15, -0.1) is 17.8 Å². The molecule has 10 heteroatoms. The van der Waals surface area contributed by atoms with Gasteiger partial charge in [0.1, 0.15) is 17.8 Å². The van der Waals surface area contributed by atoms with Crippen molar-refractivity contribution in [3.05, 3.63) is 64.2 Å². The van der Waals surface area contributed by atoms with Crippen molar-refractivity contribution in [3.63, 3.8) is 0 Å². The van der Waals surface area contributed by atoms with Crippen molar-refractivity contribution in [1.82, 2.24) is 15.3 Å². The van der Waals surface area contributed by atoms with Gasteiger partial charge in [0.05, 0.1) is 17.8 Å². The Kier molecular flexibility index (Phi) is 6.44. The van der Waals surface area contributed by atoms with Crippen LogP contribution in [-0.4, -0.2) is 28.7 Å². The fourth-order valence-electron chi connectivity index (χ4n) is 3.54. The minimum absolute atomic E-state index is 0.162. The summed E-state index contributed by atoms with van der Waals surface area (Å²) >= 11 is 1.23. The number of primary amides is 1. The quantitative estimate of drug-likeness (QED) is 0.448. The van der Waals surface area contributed by atoms with Gasteiger partial charge in [-0.05, 0) is 36.0 Å². The first-order chi connectivity index (χ1) is 16.4. The smallest absolute Gasteiger partial charge is 0.404 e. The number of rotatable bonds is 7. The molecule has 1 aliphatic carbocycles. The lowest BCUT2D eigenvalue weighted by Gasteiger charge is -2.19. The molecule has 0 bridgehead atoms. The van der Waals surface area contributed by atoms with Crippen molar-refractivity contribution < 1.29 is 14.3 Å². The molecular formula is C24H20N6O3S. The van der Waals surface area contributed by atoms with Gasteiger partial charge in [-0.3, -0.25) is 10.3 Å². The Morgan fingerprint density at radius 3 is 2.68 bits per heavy atom. The van der Waals surface area contributed by atoms with Gasteiger partial charge < -0.3 is 15.8 Å². The Labute approximate surface area is 200 Å². The van der Waals surface area contributed by atoms with E-state index < -0.39 is 23.6 Å². The van der Waals surface area contributed by atoms with Gasteiger partial charge in [0.2, 0.25) is 0 Å². The zero-order chi connectivity index (χ0) is 24.1. The standard InChI is InChI=1S/C24H20N6O3S/c1-2-20-29-19(13-34-20)30-23(32)28-18(12-33-22(26)31)16-7-5-15(6-8-16)17-4-3-11-27-21(17)24(14-25)9-10-24/h1,3-8,11,13,18H,9-10,12H2,(H2,26,31)(H2,28,30,32)/t18-/m0/s1. The maximum Gasteiger partial charge on any atom is 0.404 e. The van der Waals surface area contributed by atoms with Crippen molar-refractivity contribution in [2.75, 3.05) is 11.9 Å². The van der Waals surface area contributed by atoms with E-state index in [1.807, 2.05) is 36.4 Å². The van der Waals surface area contributed by atoms with Crippen LogP contribution in [0.4, 0.5) is 15.4 Å². The fourth-order valence-corrected chi connectivity index (χ4v) is 4.09. The number of nitrogens with two attached hydrogens (primary N) is 1. The zero-order valence-corrected chi connectivity index (χ0v) is 18.8. The number of benzene rings is 1. The summed E-state index contributed by atoms with van der Waals surface area (Å²) < 4.78 is 4.94. The Balaban J connectivity index is 1.54. The highest BCUT2D eigenvalue weighted by Crippen LogP contribution is 2.49. The molecule has 2 heterocycles. The normalized spacial score (nSPS) is 14.2. The second kappa shape index (κ2) is 9.61. The van der Waals surface area contributed by atoms with Gasteiger partial charge in [0, 0.05) is 17.1 Å². The number of thiazole rings is 1.